The molecule has 0 radical (unpaired) electrons. The van der Waals surface area contributed by atoms with Crippen LogP contribution >= 0.6 is 11.8 Å². The lowest BCUT2D eigenvalue weighted by atomic mass is 10.2. The lowest BCUT2D eigenvalue weighted by Crippen LogP contribution is -2.14. The molecular weight excluding hydrogens is 298 g/mol. The molecule has 5 nitrogen and oxygen atoms in total. The second-order valence-corrected chi connectivity index (χ2v) is 5.48. The van der Waals surface area contributed by atoms with Gasteiger partial charge < -0.3 is 4.42 Å². The number of nitrogens with one attached hydrogen (secondary N) is 1. The van der Waals surface area contributed by atoms with Crippen molar-refractivity contribution in [3.05, 3.63) is 60.7 Å². The smallest absolute Gasteiger partial charge is 0.322 e. The molecule has 0 spiro atoms. The summed E-state index contributed by atoms with van der Waals surface area (Å²) in [4.78, 5) is 12.9. The SMILES string of the molecule is O=C(CSc1ccccc1)Nc1nnc(-c2ccccc2)o1. The summed E-state index contributed by atoms with van der Waals surface area (Å²) in [6.45, 7) is 0. The van der Waals surface area contributed by atoms with E-state index in [2.05, 4.69) is 15.5 Å². The third-order valence-electron chi connectivity index (χ3n) is 2.81. The van der Waals surface area contributed by atoms with Crippen molar-refractivity contribution < 1.29 is 9.21 Å². The maximum Gasteiger partial charge on any atom is 0.322 e. The highest BCUT2D eigenvalue weighted by atomic mass is 32.2. The van der Waals surface area contributed by atoms with E-state index in [1.54, 1.807) is 0 Å². The van der Waals surface area contributed by atoms with Gasteiger partial charge in [0.05, 0.1) is 5.75 Å². The summed E-state index contributed by atoms with van der Waals surface area (Å²) in [6.07, 6.45) is 0. The Kier molecular flexibility index (Phi) is 4.50. The predicted octanol–water partition coefficient (Wildman–Crippen LogP) is 3.47. The third-order valence-corrected chi connectivity index (χ3v) is 3.82. The summed E-state index contributed by atoms with van der Waals surface area (Å²) < 4.78 is 5.43. The average molecular weight is 311 g/mol. The van der Waals surface area contributed by atoms with Crippen molar-refractivity contribution in [1.82, 2.24) is 10.2 Å². The second kappa shape index (κ2) is 6.91. The normalized spacial score (nSPS) is 10.4. The van der Waals surface area contributed by atoms with Crippen molar-refractivity contribution in [1.29, 1.82) is 0 Å². The van der Waals surface area contributed by atoms with Gasteiger partial charge in [0.25, 0.3) is 0 Å². The van der Waals surface area contributed by atoms with Crippen molar-refractivity contribution in [2.45, 2.75) is 4.90 Å². The number of thioether (sulfide) groups is 1. The molecule has 3 aromatic rings. The third kappa shape index (κ3) is 3.73. The minimum absolute atomic E-state index is 0.109. The van der Waals surface area contributed by atoms with E-state index < -0.39 is 0 Å². The molecule has 22 heavy (non-hydrogen) atoms. The van der Waals surface area contributed by atoms with Gasteiger partial charge in [0.1, 0.15) is 0 Å². The molecule has 0 saturated carbocycles. The summed E-state index contributed by atoms with van der Waals surface area (Å²) >= 11 is 1.45. The Morgan fingerprint density at radius 2 is 1.68 bits per heavy atom. The van der Waals surface area contributed by atoms with Crippen molar-refractivity contribution in [2.75, 3.05) is 11.1 Å². The van der Waals surface area contributed by atoms with Crippen LogP contribution in [-0.2, 0) is 4.79 Å². The number of carbonyl (C=O) groups is 1. The van der Waals surface area contributed by atoms with Gasteiger partial charge >= 0.3 is 6.01 Å². The second-order valence-electron chi connectivity index (χ2n) is 4.43. The first kappa shape index (κ1) is 14.3. The molecular formula is C16H13N3O2S. The molecule has 0 aliphatic carbocycles. The van der Waals surface area contributed by atoms with Gasteiger partial charge in [-0.2, -0.15) is 0 Å². The first-order chi connectivity index (χ1) is 10.8. The number of anilines is 1. The van der Waals surface area contributed by atoms with Gasteiger partial charge in [-0.25, -0.2) is 0 Å². The van der Waals surface area contributed by atoms with Crippen LogP contribution in [0.2, 0.25) is 0 Å². The minimum atomic E-state index is -0.183. The predicted molar refractivity (Wildman–Crippen MR) is 85.5 cm³/mol. The van der Waals surface area contributed by atoms with Crippen LogP contribution in [0.5, 0.6) is 0 Å². The monoisotopic (exact) mass is 311 g/mol. The molecule has 0 atom stereocenters. The highest BCUT2D eigenvalue weighted by Gasteiger charge is 2.11. The first-order valence-electron chi connectivity index (χ1n) is 6.68. The van der Waals surface area contributed by atoms with E-state index in [9.17, 15) is 4.79 Å². The van der Waals surface area contributed by atoms with Gasteiger partial charge in [0.15, 0.2) is 0 Å². The Morgan fingerprint density at radius 1 is 1.00 bits per heavy atom. The quantitative estimate of drug-likeness (QED) is 0.731. The highest BCUT2D eigenvalue weighted by Crippen LogP contribution is 2.20. The van der Waals surface area contributed by atoms with Gasteiger partial charge in [-0.1, -0.05) is 41.5 Å². The number of hydrogen-bond acceptors (Lipinski definition) is 5. The summed E-state index contributed by atoms with van der Waals surface area (Å²) in [5, 5.41) is 10.4. The standard InChI is InChI=1S/C16H13N3O2S/c20-14(11-22-13-9-5-2-6-10-13)17-16-19-18-15(21-16)12-7-3-1-4-8-12/h1-10H,11H2,(H,17,19,20). The molecule has 1 aromatic heterocycles. The van der Waals surface area contributed by atoms with Crippen LogP contribution in [0.25, 0.3) is 11.5 Å². The zero-order chi connectivity index (χ0) is 15.2. The topological polar surface area (TPSA) is 68.0 Å². The van der Waals surface area contributed by atoms with Crippen LogP contribution in [0.1, 0.15) is 0 Å². The van der Waals surface area contributed by atoms with Crippen LogP contribution < -0.4 is 5.32 Å². The fraction of sp³-hybridized carbons (Fsp3) is 0.0625. The van der Waals surface area contributed by atoms with Gasteiger partial charge in [-0.05, 0) is 24.3 Å². The maximum atomic E-state index is 11.9. The van der Waals surface area contributed by atoms with Crippen LogP contribution in [0.4, 0.5) is 6.01 Å². The molecule has 1 heterocycles. The molecule has 0 unspecified atom stereocenters. The number of hydrogen-bond donors (Lipinski definition) is 1. The number of amides is 1. The van der Waals surface area contributed by atoms with Crippen LogP contribution in [0.3, 0.4) is 0 Å². The van der Waals surface area contributed by atoms with E-state index in [1.807, 2.05) is 60.7 Å². The number of benzene rings is 2. The fourth-order valence-corrected chi connectivity index (χ4v) is 2.51. The lowest BCUT2D eigenvalue weighted by Gasteiger charge is -2.00. The molecule has 6 heteroatoms. The number of aromatic nitrogens is 2. The van der Waals surface area contributed by atoms with Crippen LogP contribution in [0, 0.1) is 0 Å². The fourth-order valence-electron chi connectivity index (χ4n) is 1.79. The van der Waals surface area contributed by atoms with E-state index in [4.69, 9.17) is 4.42 Å². The number of rotatable bonds is 5. The molecule has 2 aromatic carbocycles. The summed E-state index contributed by atoms with van der Waals surface area (Å²) in [5.74, 6) is 0.483. The molecule has 0 aliphatic heterocycles. The van der Waals surface area contributed by atoms with Crippen LogP contribution in [-0.4, -0.2) is 21.9 Å². The first-order valence-corrected chi connectivity index (χ1v) is 7.66. The van der Waals surface area contributed by atoms with E-state index in [-0.39, 0.29) is 17.7 Å². The number of nitrogens with zero attached hydrogens (tertiary/aromatic N) is 2. The Morgan fingerprint density at radius 3 is 2.41 bits per heavy atom. The molecule has 1 amide bonds. The highest BCUT2D eigenvalue weighted by molar-refractivity contribution is 8.00. The van der Waals surface area contributed by atoms with Gasteiger partial charge in [0.2, 0.25) is 11.8 Å². The van der Waals surface area contributed by atoms with Crippen molar-refractivity contribution in [3.8, 4) is 11.5 Å². The van der Waals surface area contributed by atoms with Crippen molar-refractivity contribution in [3.63, 3.8) is 0 Å². The molecule has 0 aliphatic rings. The van der Waals surface area contributed by atoms with E-state index in [1.165, 1.54) is 11.8 Å². The molecule has 0 saturated heterocycles. The van der Waals surface area contributed by atoms with Gasteiger partial charge in [0, 0.05) is 10.5 Å². The molecule has 0 bridgehead atoms. The zero-order valence-electron chi connectivity index (χ0n) is 11.6. The van der Waals surface area contributed by atoms with E-state index >= 15 is 0 Å². The van der Waals surface area contributed by atoms with E-state index in [0.29, 0.717) is 5.89 Å². The minimum Gasteiger partial charge on any atom is -0.403 e. The van der Waals surface area contributed by atoms with Gasteiger partial charge in [-0.3, -0.25) is 10.1 Å². The Bertz CT molecular complexity index is 744. The Hall–Kier alpha value is -2.60. The summed E-state index contributed by atoms with van der Waals surface area (Å²) in [6, 6.07) is 19.2. The maximum absolute atomic E-state index is 11.9. The van der Waals surface area contributed by atoms with Gasteiger partial charge in [-0.15, -0.1) is 16.9 Å². The molecule has 1 N–H and O–H groups in total. The molecule has 110 valence electrons. The lowest BCUT2D eigenvalue weighted by molar-refractivity contribution is -0.113. The van der Waals surface area contributed by atoms with Crippen molar-refractivity contribution in [2.24, 2.45) is 0 Å². The Balaban J connectivity index is 1.57. The molecule has 3 rings (SSSR count). The average Bonchev–Trinajstić information content (AvgIpc) is 3.03. The van der Waals surface area contributed by atoms with Crippen molar-refractivity contribution >= 4 is 23.7 Å². The van der Waals surface area contributed by atoms with E-state index in [0.717, 1.165) is 10.5 Å². The largest absolute Gasteiger partial charge is 0.403 e. The summed E-state index contributed by atoms with van der Waals surface area (Å²) in [7, 11) is 0. The zero-order valence-corrected chi connectivity index (χ0v) is 12.4. The number of carbonyl (C=O) groups excluding carboxylic acids is 1. The van der Waals surface area contributed by atoms with Crippen LogP contribution in [0.15, 0.2) is 70.0 Å². The molecule has 0 fully saturated rings. The Labute approximate surface area is 131 Å². The summed E-state index contributed by atoms with van der Waals surface area (Å²) in [5.41, 5.74) is 0.814.